The molecule has 0 aliphatic heterocycles. The summed E-state index contributed by atoms with van der Waals surface area (Å²) in [5.74, 6) is 1.26. The third-order valence-electron chi connectivity index (χ3n) is 1.10. The maximum atomic E-state index is 5.57. The van der Waals surface area contributed by atoms with Crippen LogP contribution in [0.1, 0.15) is 0 Å². The topological polar surface area (TPSA) is 77.8 Å². The predicted octanol–water partition coefficient (Wildman–Crippen LogP) is 1.49. The second kappa shape index (κ2) is 4.34. The number of thioether (sulfide) groups is 1. The molecule has 13 heavy (non-hydrogen) atoms. The lowest BCUT2D eigenvalue weighted by Gasteiger charge is -2.00. The van der Waals surface area contributed by atoms with Crippen molar-refractivity contribution in [2.75, 3.05) is 17.2 Å². The monoisotopic (exact) mass is 216 g/mol. The molecule has 4 N–H and O–H groups in total. The zero-order chi connectivity index (χ0) is 9.84. The molecule has 0 aliphatic carbocycles. The Kier molecular flexibility index (Phi) is 3.39. The average Bonchev–Trinajstić information content (AvgIpc) is 1.99. The Balaban J connectivity index is 2.71. The smallest absolute Gasteiger partial charge is 0.191 e. The van der Waals surface area contributed by atoms with Crippen LogP contribution in [0.5, 0.6) is 0 Å². The summed E-state index contributed by atoms with van der Waals surface area (Å²) >= 11 is 6.92. The van der Waals surface area contributed by atoms with Gasteiger partial charge in [-0.3, -0.25) is 0 Å². The molecule has 0 aliphatic rings. The van der Waals surface area contributed by atoms with Gasteiger partial charge in [0.25, 0.3) is 0 Å². The number of halogens is 1. The van der Waals surface area contributed by atoms with E-state index in [0.717, 1.165) is 0 Å². The molecule has 0 radical (unpaired) electrons. The molecule has 0 saturated heterocycles. The quantitative estimate of drug-likeness (QED) is 0.591. The molecule has 6 heteroatoms. The first-order chi connectivity index (χ1) is 6.08. The molecule has 0 bridgehead atoms. The molecule has 0 fully saturated rings. The van der Waals surface area contributed by atoms with Crippen molar-refractivity contribution in [3.63, 3.8) is 0 Å². The van der Waals surface area contributed by atoms with E-state index in [4.69, 9.17) is 23.1 Å². The summed E-state index contributed by atoms with van der Waals surface area (Å²) < 4.78 is 0. The summed E-state index contributed by atoms with van der Waals surface area (Å²) in [6.45, 7) is 3.54. The highest BCUT2D eigenvalue weighted by molar-refractivity contribution is 7.99. The van der Waals surface area contributed by atoms with Gasteiger partial charge in [0.05, 0.1) is 0 Å². The Labute approximate surface area is 85.4 Å². The molecule has 0 unspecified atom stereocenters. The van der Waals surface area contributed by atoms with Crippen LogP contribution >= 0.6 is 23.4 Å². The Hall–Kier alpha value is -0.940. The summed E-state index contributed by atoms with van der Waals surface area (Å²) in [4.78, 5) is 7.91. The third kappa shape index (κ3) is 3.52. The summed E-state index contributed by atoms with van der Waals surface area (Å²) in [5, 5.41) is 1.05. The maximum absolute atomic E-state index is 5.57. The molecule has 4 nitrogen and oxygen atoms in total. The minimum Gasteiger partial charge on any atom is -0.383 e. The SMILES string of the molecule is C=C(Cl)CSc1nc(N)cc(N)n1. The van der Waals surface area contributed by atoms with Crippen LogP contribution in [-0.4, -0.2) is 15.7 Å². The molecule has 70 valence electrons. The van der Waals surface area contributed by atoms with Crippen LogP contribution in [0.2, 0.25) is 0 Å². The van der Waals surface area contributed by atoms with Crippen LogP contribution in [-0.2, 0) is 0 Å². The molecule has 0 saturated carbocycles. The molecular weight excluding hydrogens is 208 g/mol. The number of nitrogens with two attached hydrogens (primary N) is 2. The number of anilines is 2. The van der Waals surface area contributed by atoms with Crippen molar-refractivity contribution < 1.29 is 0 Å². The Morgan fingerprint density at radius 1 is 1.46 bits per heavy atom. The summed E-state index contributed by atoms with van der Waals surface area (Å²) in [5.41, 5.74) is 10.9. The molecule has 1 rings (SSSR count). The van der Waals surface area contributed by atoms with Crippen molar-refractivity contribution in [2.24, 2.45) is 0 Å². The Bertz CT molecular complexity index is 308. The van der Waals surface area contributed by atoms with Gasteiger partial charge < -0.3 is 11.5 Å². The van der Waals surface area contributed by atoms with Crippen LogP contribution in [0, 0.1) is 0 Å². The summed E-state index contributed by atoms with van der Waals surface area (Å²) in [7, 11) is 0. The van der Waals surface area contributed by atoms with E-state index in [1.165, 1.54) is 17.8 Å². The van der Waals surface area contributed by atoms with Crippen LogP contribution in [0.3, 0.4) is 0 Å². The highest BCUT2D eigenvalue weighted by Gasteiger charge is 2.01. The van der Waals surface area contributed by atoms with Crippen molar-refractivity contribution >= 4 is 35.0 Å². The van der Waals surface area contributed by atoms with Gasteiger partial charge in [-0.2, -0.15) is 0 Å². The molecule has 1 aromatic heterocycles. The van der Waals surface area contributed by atoms with E-state index in [9.17, 15) is 0 Å². The fraction of sp³-hybridized carbons (Fsp3) is 0.143. The van der Waals surface area contributed by atoms with Gasteiger partial charge in [0.2, 0.25) is 0 Å². The highest BCUT2D eigenvalue weighted by atomic mass is 35.5. The van der Waals surface area contributed by atoms with Gasteiger partial charge in [-0.1, -0.05) is 29.9 Å². The zero-order valence-electron chi connectivity index (χ0n) is 6.83. The molecule has 0 amide bonds. The van der Waals surface area contributed by atoms with E-state index in [1.54, 1.807) is 0 Å². The minimum atomic E-state index is 0.357. The van der Waals surface area contributed by atoms with E-state index in [2.05, 4.69) is 16.5 Å². The Morgan fingerprint density at radius 2 is 2.00 bits per heavy atom. The number of aromatic nitrogens is 2. The van der Waals surface area contributed by atoms with Crippen molar-refractivity contribution in [2.45, 2.75) is 5.16 Å². The lowest BCUT2D eigenvalue weighted by molar-refractivity contribution is 0.986. The normalized spacial score (nSPS) is 9.92. The zero-order valence-corrected chi connectivity index (χ0v) is 8.40. The number of hydrogen-bond donors (Lipinski definition) is 2. The highest BCUT2D eigenvalue weighted by Crippen LogP contribution is 2.19. The fourth-order valence-electron chi connectivity index (χ4n) is 0.669. The average molecular weight is 217 g/mol. The van der Waals surface area contributed by atoms with E-state index in [1.807, 2.05) is 0 Å². The molecule has 1 aromatic rings. The predicted molar refractivity (Wildman–Crippen MR) is 56.6 cm³/mol. The van der Waals surface area contributed by atoms with Gasteiger partial charge >= 0.3 is 0 Å². The number of nitrogen functional groups attached to an aromatic ring is 2. The first-order valence-corrected chi connectivity index (χ1v) is 4.80. The van der Waals surface area contributed by atoms with Crippen LogP contribution in [0.15, 0.2) is 22.8 Å². The van der Waals surface area contributed by atoms with E-state index in [-0.39, 0.29) is 0 Å². The van der Waals surface area contributed by atoms with Crippen LogP contribution in [0.25, 0.3) is 0 Å². The second-order valence-corrected chi connectivity index (χ2v) is 3.78. The van der Waals surface area contributed by atoms with Crippen molar-refractivity contribution in [3.05, 3.63) is 17.7 Å². The van der Waals surface area contributed by atoms with E-state index >= 15 is 0 Å². The molecular formula is C7H9ClN4S. The number of nitrogens with zero attached hydrogens (tertiary/aromatic N) is 2. The largest absolute Gasteiger partial charge is 0.383 e. The maximum Gasteiger partial charge on any atom is 0.191 e. The van der Waals surface area contributed by atoms with Gasteiger partial charge in [0, 0.05) is 16.9 Å². The molecule has 0 aromatic carbocycles. The van der Waals surface area contributed by atoms with Crippen LogP contribution < -0.4 is 11.5 Å². The van der Waals surface area contributed by atoms with E-state index in [0.29, 0.717) is 27.6 Å². The summed E-state index contributed by atoms with van der Waals surface area (Å²) in [6, 6.07) is 1.50. The third-order valence-corrected chi connectivity index (χ3v) is 2.33. The van der Waals surface area contributed by atoms with Crippen LogP contribution in [0.4, 0.5) is 11.6 Å². The molecule has 0 spiro atoms. The molecule has 0 atom stereocenters. The second-order valence-electron chi connectivity index (χ2n) is 2.31. The fourth-order valence-corrected chi connectivity index (χ4v) is 1.46. The van der Waals surface area contributed by atoms with Gasteiger partial charge in [-0.15, -0.1) is 0 Å². The van der Waals surface area contributed by atoms with Crippen molar-refractivity contribution in [1.29, 1.82) is 0 Å². The minimum absolute atomic E-state index is 0.357. The standard InChI is InChI=1S/C7H9ClN4S/c1-4(8)3-13-7-11-5(9)2-6(10)12-7/h2H,1,3H2,(H4,9,10,11,12). The summed E-state index contributed by atoms with van der Waals surface area (Å²) in [6.07, 6.45) is 0. The first-order valence-electron chi connectivity index (χ1n) is 3.44. The van der Waals surface area contributed by atoms with Crippen molar-refractivity contribution in [3.8, 4) is 0 Å². The van der Waals surface area contributed by atoms with Gasteiger partial charge in [-0.05, 0) is 0 Å². The lowest BCUT2D eigenvalue weighted by Crippen LogP contribution is -1.99. The lowest BCUT2D eigenvalue weighted by atomic mass is 10.5. The van der Waals surface area contributed by atoms with Gasteiger partial charge in [0.15, 0.2) is 5.16 Å². The molecule has 1 heterocycles. The number of hydrogen-bond acceptors (Lipinski definition) is 5. The number of rotatable bonds is 3. The van der Waals surface area contributed by atoms with Gasteiger partial charge in [-0.25, -0.2) is 9.97 Å². The first kappa shape index (κ1) is 10.1. The van der Waals surface area contributed by atoms with Gasteiger partial charge in [0.1, 0.15) is 11.6 Å². The van der Waals surface area contributed by atoms with Crippen molar-refractivity contribution in [1.82, 2.24) is 9.97 Å². The Morgan fingerprint density at radius 3 is 2.46 bits per heavy atom. The van der Waals surface area contributed by atoms with E-state index < -0.39 is 0 Å².